The molecule has 2 aromatic carbocycles. The van der Waals surface area contributed by atoms with Crippen molar-refractivity contribution in [2.24, 2.45) is 11.1 Å². The summed E-state index contributed by atoms with van der Waals surface area (Å²) in [6.45, 7) is 3.88. The fraction of sp³-hybridized carbons (Fsp3) is 0.182. The summed E-state index contributed by atoms with van der Waals surface area (Å²) in [6, 6.07) is 15.1. The van der Waals surface area contributed by atoms with Gasteiger partial charge in [-0.2, -0.15) is 0 Å². The molecular formula is C22H22N2O5S. The van der Waals surface area contributed by atoms with Crippen LogP contribution in [0.25, 0.3) is 5.70 Å². The molecule has 2 aromatic rings. The average Bonchev–Trinajstić information content (AvgIpc) is 2.74. The van der Waals surface area contributed by atoms with E-state index in [2.05, 4.69) is 6.58 Å². The molecule has 1 aliphatic rings. The second kappa shape index (κ2) is 8.64. The Labute approximate surface area is 175 Å². The van der Waals surface area contributed by atoms with Crippen LogP contribution in [0.1, 0.15) is 17.0 Å². The number of esters is 1. The number of methoxy groups -OCH3 is 1. The minimum Gasteiger partial charge on any atom is -0.468 e. The van der Waals surface area contributed by atoms with E-state index < -0.39 is 33.7 Å². The first-order chi connectivity index (χ1) is 14.3. The van der Waals surface area contributed by atoms with Gasteiger partial charge in [0.05, 0.1) is 12.0 Å². The van der Waals surface area contributed by atoms with Gasteiger partial charge in [-0.1, -0.05) is 54.6 Å². The van der Waals surface area contributed by atoms with Crippen LogP contribution in [-0.2, 0) is 24.3 Å². The van der Waals surface area contributed by atoms with Gasteiger partial charge >= 0.3 is 5.97 Å². The van der Waals surface area contributed by atoms with Gasteiger partial charge < -0.3 is 9.64 Å². The largest absolute Gasteiger partial charge is 0.468 e. The van der Waals surface area contributed by atoms with Crippen LogP contribution in [0.4, 0.5) is 0 Å². The molecular weight excluding hydrogens is 404 g/mol. The van der Waals surface area contributed by atoms with Crippen LogP contribution in [0.2, 0.25) is 0 Å². The lowest BCUT2D eigenvalue weighted by Crippen LogP contribution is -2.45. The summed E-state index contributed by atoms with van der Waals surface area (Å²) in [5.41, 5.74) is 1.95. The number of ether oxygens (including phenoxy) is 1. The predicted molar refractivity (Wildman–Crippen MR) is 112 cm³/mol. The number of hydrogen-bond acceptors (Lipinski definition) is 5. The Bertz CT molecular complexity index is 1090. The number of carbonyl (C=O) groups excluding carboxylic acids is 2. The van der Waals surface area contributed by atoms with Crippen LogP contribution in [-0.4, -0.2) is 38.8 Å². The molecule has 1 amide bonds. The minimum atomic E-state index is -3.84. The highest BCUT2D eigenvalue weighted by Gasteiger charge is 2.43. The number of allylic oxidation sites excluding steroid dienone is 1. The van der Waals surface area contributed by atoms with E-state index in [-0.39, 0.29) is 11.4 Å². The Kier molecular flexibility index (Phi) is 6.19. The molecule has 1 aliphatic heterocycles. The summed E-state index contributed by atoms with van der Waals surface area (Å²) in [5, 5.41) is 5.18. The first kappa shape index (κ1) is 21.5. The molecule has 3 rings (SSSR count). The van der Waals surface area contributed by atoms with Gasteiger partial charge in [0, 0.05) is 18.2 Å². The molecule has 0 fully saturated rings. The number of nitrogens with zero attached hydrogens (tertiary/aromatic N) is 1. The van der Waals surface area contributed by atoms with Crippen molar-refractivity contribution < 1.29 is 22.7 Å². The van der Waals surface area contributed by atoms with Crippen LogP contribution in [0.15, 0.2) is 78.2 Å². The zero-order valence-electron chi connectivity index (χ0n) is 16.4. The second-order valence-electron chi connectivity index (χ2n) is 6.80. The van der Waals surface area contributed by atoms with E-state index in [0.29, 0.717) is 11.3 Å². The lowest BCUT2D eigenvalue weighted by molar-refractivity contribution is -0.153. The smallest absolute Gasteiger partial charge is 0.319 e. The highest BCUT2D eigenvalue weighted by Crippen LogP contribution is 2.38. The van der Waals surface area contributed by atoms with Crippen molar-refractivity contribution in [1.29, 1.82) is 0 Å². The number of hydrogen-bond donors (Lipinski definition) is 1. The number of primary sulfonamides is 1. The van der Waals surface area contributed by atoms with E-state index >= 15 is 0 Å². The summed E-state index contributed by atoms with van der Waals surface area (Å²) in [6.07, 6.45) is 3.38. The molecule has 2 atom stereocenters. The van der Waals surface area contributed by atoms with Crippen LogP contribution < -0.4 is 5.14 Å². The van der Waals surface area contributed by atoms with Crippen molar-refractivity contribution in [3.8, 4) is 0 Å². The van der Waals surface area contributed by atoms with Crippen molar-refractivity contribution in [3.05, 3.63) is 84.5 Å². The molecule has 0 aromatic heterocycles. The van der Waals surface area contributed by atoms with Gasteiger partial charge in [-0.3, -0.25) is 9.59 Å². The van der Waals surface area contributed by atoms with Gasteiger partial charge in [-0.25, -0.2) is 13.6 Å². The lowest BCUT2D eigenvalue weighted by atomic mass is 9.80. The summed E-state index contributed by atoms with van der Waals surface area (Å²) >= 11 is 0. The van der Waals surface area contributed by atoms with Crippen molar-refractivity contribution in [1.82, 2.24) is 4.90 Å². The molecule has 0 bridgehead atoms. The van der Waals surface area contributed by atoms with Crippen LogP contribution in [0.3, 0.4) is 0 Å². The molecule has 2 N–H and O–H groups in total. The maximum absolute atomic E-state index is 13.3. The Hall–Kier alpha value is -3.23. The summed E-state index contributed by atoms with van der Waals surface area (Å²) in [5.74, 6) is -2.61. The zero-order chi connectivity index (χ0) is 21.9. The van der Waals surface area contributed by atoms with Crippen molar-refractivity contribution in [2.75, 3.05) is 13.7 Å². The van der Waals surface area contributed by atoms with Gasteiger partial charge in [0.2, 0.25) is 15.9 Å². The first-order valence-corrected chi connectivity index (χ1v) is 10.7. The summed E-state index contributed by atoms with van der Waals surface area (Å²) < 4.78 is 28.0. The van der Waals surface area contributed by atoms with Gasteiger partial charge in [-0.15, -0.1) is 6.58 Å². The normalized spacial score (nSPS) is 19.2. The molecule has 0 spiro atoms. The molecule has 1 heterocycles. The van der Waals surface area contributed by atoms with E-state index in [9.17, 15) is 18.0 Å². The number of carbonyl (C=O) groups is 2. The van der Waals surface area contributed by atoms with E-state index in [0.717, 1.165) is 5.56 Å². The van der Waals surface area contributed by atoms with Crippen LogP contribution in [0, 0.1) is 5.92 Å². The minimum absolute atomic E-state index is 0.0312. The van der Waals surface area contributed by atoms with Gasteiger partial charge in [0.15, 0.2) is 0 Å². The average molecular weight is 426 g/mol. The van der Waals surface area contributed by atoms with Crippen molar-refractivity contribution >= 4 is 27.6 Å². The molecule has 0 aliphatic carbocycles. The maximum atomic E-state index is 13.3. The molecule has 2 unspecified atom stereocenters. The molecule has 0 saturated heterocycles. The number of rotatable bonds is 6. The van der Waals surface area contributed by atoms with E-state index in [1.54, 1.807) is 18.2 Å². The topological polar surface area (TPSA) is 107 Å². The fourth-order valence-electron chi connectivity index (χ4n) is 3.52. The molecule has 156 valence electrons. The number of nitrogens with two attached hydrogens (primary N) is 1. The van der Waals surface area contributed by atoms with Gasteiger partial charge in [0.1, 0.15) is 5.92 Å². The molecule has 0 radical (unpaired) electrons. The monoisotopic (exact) mass is 426 g/mol. The lowest BCUT2D eigenvalue weighted by Gasteiger charge is -2.36. The van der Waals surface area contributed by atoms with Gasteiger partial charge in [-0.05, 0) is 23.3 Å². The molecule has 0 saturated carbocycles. The van der Waals surface area contributed by atoms with E-state index in [1.807, 2.05) is 36.4 Å². The third-order valence-electron chi connectivity index (χ3n) is 4.95. The Morgan fingerprint density at radius 1 is 1.17 bits per heavy atom. The molecule has 8 heteroatoms. The molecule has 7 nitrogen and oxygen atoms in total. The van der Waals surface area contributed by atoms with Crippen LogP contribution in [0.5, 0.6) is 0 Å². The standard InChI is InChI=1S/C22H22N2O5S/c1-3-13-24-19(16-9-11-17(12-10-16)30(23,27)28)14-18(15-7-5-4-6-8-15)20(21(24)25)22(26)29-2/h3-12,14,18,20H,1,13H2,2H3,(H2,23,27,28). The highest BCUT2D eigenvalue weighted by atomic mass is 32.2. The fourth-order valence-corrected chi connectivity index (χ4v) is 4.04. The van der Waals surface area contributed by atoms with Crippen LogP contribution >= 0.6 is 0 Å². The molecule has 30 heavy (non-hydrogen) atoms. The summed E-state index contributed by atoms with van der Waals surface area (Å²) in [4.78, 5) is 27.2. The third kappa shape index (κ3) is 4.19. The Balaban J connectivity index is 2.17. The SMILES string of the molecule is C=CCN1C(=O)C(C(=O)OC)C(c2ccccc2)C=C1c1ccc(S(N)(=O)=O)cc1. The second-order valence-corrected chi connectivity index (χ2v) is 8.36. The predicted octanol–water partition coefficient (Wildman–Crippen LogP) is 2.28. The number of amides is 1. The van der Waals surface area contributed by atoms with E-state index in [1.165, 1.54) is 24.1 Å². The Morgan fingerprint density at radius 2 is 1.80 bits per heavy atom. The van der Waals surface area contributed by atoms with Crippen molar-refractivity contribution in [3.63, 3.8) is 0 Å². The maximum Gasteiger partial charge on any atom is 0.319 e. The van der Waals surface area contributed by atoms with Crippen molar-refractivity contribution in [2.45, 2.75) is 10.8 Å². The van der Waals surface area contributed by atoms with E-state index in [4.69, 9.17) is 9.88 Å². The Morgan fingerprint density at radius 3 is 2.33 bits per heavy atom. The number of sulfonamides is 1. The highest BCUT2D eigenvalue weighted by molar-refractivity contribution is 7.89. The first-order valence-electron chi connectivity index (χ1n) is 9.18. The number of benzene rings is 2. The zero-order valence-corrected chi connectivity index (χ0v) is 17.2. The van der Waals surface area contributed by atoms with Gasteiger partial charge in [0.25, 0.3) is 0 Å². The third-order valence-corrected chi connectivity index (χ3v) is 5.88. The quantitative estimate of drug-likeness (QED) is 0.433. The summed E-state index contributed by atoms with van der Waals surface area (Å²) in [7, 11) is -2.59.